The number of aromatic hydroxyl groups is 1. The van der Waals surface area contributed by atoms with Crippen LogP contribution in [0.5, 0.6) is 11.6 Å². The van der Waals surface area contributed by atoms with Crippen molar-refractivity contribution in [3.8, 4) is 11.6 Å². The van der Waals surface area contributed by atoms with Crippen LogP contribution in [0, 0.1) is 26.7 Å². The molecule has 0 spiro atoms. The van der Waals surface area contributed by atoms with E-state index in [-0.39, 0.29) is 92.4 Å². The molecule has 758 valence electrons. The molecule has 5 fully saturated rings. The SMILES string of the molecule is CCC(C)Oc1cc(C(=O)Nc2ccc(O)cc2C)ncn1.CN(c1cc(C(=O)Nc2ccc(S(=O)(=O)CCC(O)CO)cc2)ncn1)C1CCCCC1.CN(c1cc(C(=O)Nc2ccc(S(=O)(=O)NCCO)cc2)ncn1)C1CCCCC1.Cc1cc(S(N)(=O)=O)ccc1NC(=O)c1cc(N(CC2CC2)C2CCCCC2)ncn1.Cc1cc2[nH]ncc2cc1NC(=O)c1cc(N(C)C2CCCCC2)ncn1. The molecule has 5 aromatic carbocycles. The molecule has 5 amide bonds. The van der Waals surface area contributed by atoms with Crippen LogP contribution in [-0.4, -0.2) is 225 Å². The van der Waals surface area contributed by atoms with Gasteiger partial charge in [0, 0.05) is 123 Å². The van der Waals surface area contributed by atoms with Crippen LogP contribution in [0.4, 0.5) is 51.7 Å². The van der Waals surface area contributed by atoms with E-state index in [1.54, 1.807) is 56.4 Å². The summed E-state index contributed by atoms with van der Waals surface area (Å²) in [4.78, 5) is 114. The van der Waals surface area contributed by atoms with E-state index in [1.165, 1.54) is 213 Å². The Bertz CT molecular complexity index is 6440. The van der Waals surface area contributed by atoms with Gasteiger partial charge < -0.3 is 71.3 Å². The number of aliphatic hydroxyl groups excluding tert-OH is 3. The van der Waals surface area contributed by atoms with Crippen molar-refractivity contribution in [1.29, 1.82) is 0 Å². The highest BCUT2D eigenvalue weighted by molar-refractivity contribution is 7.91. The molecule has 2 unspecified atom stereocenters. The number of hydrogen-bond acceptors (Lipinski definition) is 31. The Morgan fingerprint density at radius 3 is 1.30 bits per heavy atom. The third-order valence-electron chi connectivity index (χ3n) is 25.7. The molecular formula is C100H129N23O16S3. The Morgan fingerprint density at radius 1 is 0.465 bits per heavy atom. The molecular weight excluding hydrogens is 1880 g/mol. The average Bonchev–Trinajstić information content (AvgIpc) is 1.46. The molecule has 142 heavy (non-hydrogen) atoms. The van der Waals surface area contributed by atoms with E-state index in [2.05, 4.69) is 118 Å². The molecule has 0 radical (unpaired) electrons. The number of phenolic OH excluding ortho intramolecular Hbond substituents is 1. The average molecular weight is 2010 g/mol. The minimum absolute atomic E-state index is 0.00974. The number of aryl methyl sites for hydroxylation is 3. The number of aromatic nitrogens is 12. The van der Waals surface area contributed by atoms with Gasteiger partial charge in [-0.15, -0.1) is 0 Å². The molecule has 6 heterocycles. The van der Waals surface area contributed by atoms with Gasteiger partial charge in [-0.25, -0.2) is 85.0 Å². The van der Waals surface area contributed by atoms with Crippen molar-refractivity contribution >= 4 is 122 Å². The lowest BCUT2D eigenvalue weighted by Gasteiger charge is -2.35. The highest BCUT2D eigenvalue weighted by Gasteiger charge is 2.32. The van der Waals surface area contributed by atoms with Crippen molar-refractivity contribution in [2.75, 3.05) is 99.4 Å². The second kappa shape index (κ2) is 51.5. The minimum atomic E-state index is -3.79. The van der Waals surface area contributed by atoms with Gasteiger partial charge in [0.1, 0.15) is 89.1 Å². The Balaban J connectivity index is 0.000000159. The van der Waals surface area contributed by atoms with Crippen LogP contribution in [-0.2, 0) is 29.9 Å². The smallest absolute Gasteiger partial charge is 0.274 e. The van der Waals surface area contributed by atoms with Gasteiger partial charge in [-0.2, -0.15) is 5.10 Å². The van der Waals surface area contributed by atoms with E-state index in [4.69, 9.17) is 20.1 Å². The van der Waals surface area contributed by atoms with Crippen molar-refractivity contribution in [2.24, 2.45) is 11.1 Å². The number of nitrogens with zero attached hydrogens (tertiary/aromatic N) is 15. The van der Waals surface area contributed by atoms with Crippen molar-refractivity contribution in [3.63, 3.8) is 0 Å². The number of rotatable bonds is 33. The first-order valence-corrected chi connectivity index (χ1v) is 52.8. The summed E-state index contributed by atoms with van der Waals surface area (Å²) in [6, 6.07) is 34.7. The van der Waals surface area contributed by atoms with Gasteiger partial charge in [-0.3, -0.25) is 29.1 Å². The first-order chi connectivity index (χ1) is 68.1. The summed E-state index contributed by atoms with van der Waals surface area (Å²) in [5.74, 6) is 2.21. The Labute approximate surface area is 828 Å². The molecule has 6 aromatic heterocycles. The summed E-state index contributed by atoms with van der Waals surface area (Å²) in [6.07, 6.45) is 35.0. The molecule has 0 aliphatic heterocycles. The lowest BCUT2D eigenvalue weighted by Crippen LogP contribution is -2.39. The molecule has 5 aliphatic carbocycles. The van der Waals surface area contributed by atoms with E-state index < -0.39 is 54.4 Å². The maximum Gasteiger partial charge on any atom is 0.274 e. The molecule has 39 nitrogen and oxygen atoms in total. The van der Waals surface area contributed by atoms with Gasteiger partial charge in [-0.05, 0) is 224 Å². The molecule has 13 N–H and O–H groups in total. The summed E-state index contributed by atoms with van der Waals surface area (Å²) >= 11 is 0. The summed E-state index contributed by atoms with van der Waals surface area (Å²) in [5.41, 5.74) is 7.40. The number of sulfone groups is 1. The van der Waals surface area contributed by atoms with Crippen LogP contribution < -0.4 is 60.8 Å². The largest absolute Gasteiger partial charge is 0.508 e. The van der Waals surface area contributed by atoms with Gasteiger partial charge in [0.15, 0.2) is 9.84 Å². The molecule has 5 aliphatic rings. The number of ether oxygens (including phenoxy) is 1. The van der Waals surface area contributed by atoms with Crippen molar-refractivity contribution in [3.05, 3.63) is 210 Å². The second-order valence-corrected chi connectivity index (χ2v) is 41.7. The van der Waals surface area contributed by atoms with Gasteiger partial charge in [0.25, 0.3) is 29.5 Å². The number of H-pyrrole nitrogens is 1. The number of aromatic amines is 1. The predicted octanol–water partition coefficient (Wildman–Crippen LogP) is 13.6. The number of primary sulfonamides is 1. The number of nitrogens with two attached hydrogens (primary N) is 1. The topological polar surface area (TPSA) is 547 Å². The number of anilines is 9. The summed E-state index contributed by atoms with van der Waals surface area (Å²) in [6.45, 7) is 9.56. The fourth-order valence-electron chi connectivity index (χ4n) is 17.0. The van der Waals surface area contributed by atoms with Gasteiger partial charge in [0.2, 0.25) is 25.9 Å². The van der Waals surface area contributed by atoms with E-state index in [0.29, 0.717) is 81.6 Å². The van der Waals surface area contributed by atoms with Crippen molar-refractivity contribution in [2.45, 2.75) is 240 Å². The van der Waals surface area contributed by atoms with Crippen LogP contribution in [0.1, 0.15) is 237 Å². The Kier molecular flexibility index (Phi) is 39.0. The standard InChI is InChI=1S/C22H29N5O3S.C22H30N4O5S.C20H24N6O.C20H27N5O4S.C16H19N3O3/c1-15-11-18(31(23,29)30)9-10-19(15)26-22(28)20-12-21(25-14-24-20)27(13-16-7-8-16)17-5-3-2-4-6-17;1-26(17-5-3-2-4-6-17)21-13-20(23-15-24-21)22(29)25-16-7-9-19(10-8-16)32(30,31)12-11-18(28)14-27;1-13-8-17-14(11-23-25-17)9-16(13)24-20(27)18-10-19(22-12-21-18)26(2)15-6-4-3-5-7-15;1-25(16-5-3-2-4-6-16)19-13-18(21-14-22-19)20(27)24-15-7-9-17(10-8-15)30(28,29)23-11-12-26;1-4-11(3)22-15-8-14(17-9-18-15)16(21)19-13-6-5-12(20)7-10(13)2/h9-12,14,16-17H,2-8,13H2,1H3,(H,26,28)(H2,23,29,30);7-10,13,15,17-18,27-28H,2-6,11-12,14H2,1H3,(H,25,29);8-12,15H,3-7H2,1-2H3,(H,23,25)(H,24,27);7-10,13-14,16,23,26H,2-6,11-12H2,1H3,(H,24,27);5-9,11,20H,4H2,1-3H3,(H,19,21). The molecule has 42 heteroatoms. The highest BCUT2D eigenvalue weighted by Crippen LogP contribution is 2.37. The number of benzene rings is 5. The molecule has 0 saturated heterocycles. The van der Waals surface area contributed by atoms with Gasteiger partial charge in [-0.1, -0.05) is 84.0 Å². The van der Waals surface area contributed by atoms with Crippen LogP contribution in [0.25, 0.3) is 10.9 Å². The number of sulfonamides is 2. The second-order valence-electron chi connectivity index (χ2n) is 36.2. The number of carbonyl (C=O) groups excluding carboxylic acids is 5. The van der Waals surface area contributed by atoms with Crippen LogP contribution in [0.15, 0.2) is 180 Å². The number of phenols is 1. The van der Waals surface area contributed by atoms with Gasteiger partial charge in [0.05, 0.1) is 57.6 Å². The Morgan fingerprint density at radius 2 is 0.866 bits per heavy atom. The molecule has 2 atom stereocenters. The summed E-state index contributed by atoms with van der Waals surface area (Å²) in [5, 5.41) is 63.4. The van der Waals surface area contributed by atoms with E-state index >= 15 is 0 Å². The first kappa shape index (κ1) is 108. The molecule has 5 saturated carbocycles. The van der Waals surface area contributed by atoms with Crippen molar-refractivity contribution in [1.82, 2.24) is 64.8 Å². The zero-order valence-electron chi connectivity index (χ0n) is 81.3. The van der Waals surface area contributed by atoms with Gasteiger partial charge >= 0.3 is 0 Å². The number of carbonyl (C=O) groups is 5. The number of aliphatic hydroxyl groups is 3. The zero-order chi connectivity index (χ0) is 102. The van der Waals surface area contributed by atoms with E-state index in [9.17, 15) is 59.4 Å². The molecule has 0 bridgehead atoms. The first-order valence-electron chi connectivity index (χ1n) is 48.1. The van der Waals surface area contributed by atoms with Crippen LogP contribution in [0.2, 0.25) is 0 Å². The normalized spacial score (nSPS) is 15.2. The predicted molar refractivity (Wildman–Crippen MR) is 544 cm³/mol. The highest BCUT2D eigenvalue weighted by atomic mass is 32.2. The lowest BCUT2D eigenvalue weighted by atomic mass is 9.94. The lowest BCUT2D eigenvalue weighted by molar-refractivity contribution is 0.0928. The quantitative estimate of drug-likeness (QED) is 0.0170. The fraction of sp³-hybridized carbons (Fsp3) is 0.440. The van der Waals surface area contributed by atoms with Crippen LogP contribution in [0.3, 0.4) is 0 Å². The van der Waals surface area contributed by atoms with E-state index in [1.807, 2.05) is 47.0 Å². The number of fused-ring (bicyclic) bond motifs is 1. The number of amides is 5. The zero-order valence-corrected chi connectivity index (χ0v) is 83.8. The number of hydrogen-bond donors (Lipinski definition) is 12. The molecule has 16 rings (SSSR count). The van der Waals surface area contributed by atoms with E-state index in [0.717, 1.165) is 90.8 Å². The third-order valence-corrected chi connectivity index (χ3v) is 29.9. The summed E-state index contributed by atoms with van der Waals surface area (Å²) in [7, 11) is -5.06. The minimum Gasteiger partial charge on any atom is -0.508 e. The molecule has 11 aromatic rings. The third kappa shape index (κ3) is 31.4. The Hall–Kier alpha value is -13.2. The maximum absolute atomic E-state index is 12.9. The van der Waals surface area contributed by atoms with Crippen molar-refractivity contribution < 1.29 is 74.4 Å². The maximum atomic E-state index is 12.9. The fourth-order valence-corrected chi connectivity index (χ4v) is 19.9. The van der Waals surface area contributed by atoms with Crippen LogP contribution >= 0.6 is 0 Å². The monoisotopic (exact) mass is 2000 g/mol. The summed E-state index contributed by atoms with van der Waals surface area (Å²) < 4.78 is 79.7. The number of nitrogens with one attached hydrogen (secondary N) is 7.